The average molecular weight is 1340 g/mol. The van der Waals surface area contributed by atoms with Gasteiger partial charge in [-0.15, -0.1) is 0 Å². The predicted molar refractivity (Wildman–Crippen MR) is 436 cm³/mol. The predicted octanol–water partition coefficient (Wildman–Crippen LogP) is 17.0. The molecule has 0 fully saturated rings. The zero-order valence-electron chi connectivity index (χ0n) is 57.3. The van der Waals surface area contributed by atoms with Crippen molar-refractivity contribution in [3.8, 4) is 57.2 Å². The second kappa shape index (κ2) is 20.1. The van der Waals surface area contributed by atoms with Gasteiger partial charge in [0, 0.05) is 113 Å². The SMILES string of the molecule is Cc1cc(C)c(N2c3cc4c(cc3B3c5ccccc5Oc5cc(-n6c7ccccc7c7ccccc76)cc2c53)B2c3cc5c(cc3Oc3cc(-n6c7ccccc7c7ccccc76)cc(c32)O4)Nc2cc(-n3c4ccccc4c4ccccc43)cc3c2B5c2cccc4c5ccccc5n-3c24)c(C)c1. The monoisotopic (exact) mass is 1340 g/mol. The Hall–Kier alpha value is -13.3. The molecule has 486 valence electrons. The minimum Gasteiger partial charge on any atom is -0.458 e. The zero-order chi connectivity index (χ0) is 68.5. The number of fused-ring (bicyclic) bond motifs is 24. The van der Waals surface area contributed by atoms with E-state index in [0.29, 0.717) is 0 Å². The molecule has 0 spiro atoms. The van der Waals surface area contributed by atoms with Crippen LogP contribution in [0.4, 0.5) is 28.4 Å². The highest BCUT2D eigenvalue weighted by molar-refractivity contribution is 7.03. The van der Waals surface area contributed by atoms with Gasteiger partial charge in [-0.2, -0.15) is 0 Å². The molecule has 0 aliphatic carbocycles. The van der Waals surface area contributed by atoms with Gasteiger partial charge in [0.1, 0.15) is 34.5 Å². The van der Waals surface area contributed by atoms with Gasteiger partial charge in [-0.3, -0.25) is 0 Å². The first-order chi connectivity index (χ1) is 51.8. The third-order valence-corrected chi connectivity index (χ3v) is 24.1. The molecule has 0 radical (unpaired) electrons. The quantitative estimate of drug-likeness (QED) is 0.178. The fraction of sp³-hybridized carbons (Fsp3) is 0.0323. The van der Waals surface area contributed by atoms with Crippen molar-refractivity contribution in [3.05, 3.63) is 302 Å². The van der Waals surface area contributed by atoms with Crippen LogP contribution in [0.3, 0.4) is 0 Å². The van der Waals surface area contributed by atoms with E-state index in [1.807, 2.05) is 0 Å². The minimum absolute atomic E-state index is 0.152. The van der Waals surface area contributed by atoms with E-state index >= 15 is 0 Å². The Bertz CT molecular complexity index is 7100. The van der Waals surface area contributed by atoms with Crippen molar-refractivity contribution in [1.82, 2.24) is 18.3 Å². The summed E-state index contributed by atoms with van der Waals surface area (Å²) in [5.41, 5.74) is 32.7. The summed E-state index contributed by atoms with van der Waals surface area (Å²) in [6, 6.07) is 106. The lowest BCUT2D eigenvalue weighted by Gasteiger charge is -2.43. The van der Waals surface area contributed by atoms with Crippen LogP contribution in [0.5, 0.6) is 34.5 Å². The van der Waals surface area contributed by atoms with Crippen LogP contribution in [0.25, 0.3) is 110 Å². The Morgan fingerprint density at radius 1 is 0.267 bits per heavy atom. The second-order valence-corrected chi connectivity index (χ2v) is 29.6. The van der Waals surface area contributed by atoms with Gasteiger partial charge in [0.15, 0.2) is 0 Å². The summed E-state index contributed by atoms with van der Waals surface area (Å²) in [5.74, 6) is 4.81. The summed E-state index contributed by atoms with van der Waals surface area (Å²) in [6.45, 7) is 6.04. The summed E-state index contributed by atoms with van der Waals surface area (Å²) in [6.07, 6.45) is 0. The Labute approximate surface area is 603 Å². The van der Waals surface area contributed by atoms with Gasteiger partial charge < -0.3 is 42.7 Å². The number of aryl methyl sites for hydroxylation is 3. The molecule has 6 aliphatic heterocycles. The van der Waals surface area contributed by atoms with Crippen LogP contribution < -0.4 is 73.6 Å². The number of rotatable bonds is 4. The van der Waals surface area contributed by atoms with Crippen molar-refractivity contribution in [2.45, 2.75) is 20.8 Å². The van der Waals surface area contributed by atoms with Crippen LogP contribution in [0.2, 0.25) is 0 Å². The summed E-state index contributed by atoms with van der Waals surface area (Å²) >= 11 is 0. The molecule has 15 aromatic carbocycles. The standard InChI is InChI=1S/C93H57B3N6O3/c1-51-39-52(2)92(53(3)40-51)102-80-50-85-70(48-68(80)94-65-29-11-19-38-83(65)103-86-44-55(43-82(102)90(86)94)99-75-33-14-6-23-59(75)60-24-7-15-34-76(60)99)96-69-47-67-71(49-84(69)104-87-45-56(46-88(105-85)91(87)96)100-77-35-16-8-25-61(77)62-26-9-17-36-78(62)100)97-72-41-54(98-73-31-12-4-21-57(73)58-22-5-13-32-74(58)98)42-81-89(72)95(67)66-30-20-28-64-63-27-10-18-37-79(63)101(81)93(64)66/h4-50,97H,1-3H3. The fourth-order valence-corrected chi connectivity index (χ4v) is 20.2. The molecule has 0 atom stereocenters. The van der Waals surface area contributed by atoms with E-state index in [-0.39, 0.29) is 20.1 Å². The molecule has 10 heterocycles. The molecule has 4 aromatic heterocycles. The summed E-state index contributed by atoms with van der Waals surface area (Å²) in [7, 11) is 0. The number of aromatic nitrogens is 4. The van der Waals surface area contributed by atoms with Crippen molar-refractivity contribution in [2.24, 2.45) is 0 Å². The van der Waals surface area contributed by atoms with Gasteiger partial charge >= 0.3 is 0 Å². The Balaban J connectivity index is 0.760. The van der Waals surface area contributed by atoms with E-state index in [1.54, 1.807) is 0 Å². The number of nitrogens with one attached hydrogen (secondary N) is 1. The molecule has 105 heavy (non-hydrogen) atoms. The van der Waals surface area contributed by atoms with E-state index in [4.69, 9.17) is 14.2 Å². The molecule has 12 heteroatoms. The first-order valence-electron chi connectivity index (χ1n) is 36.5. The normalized spacial score (nSPS) is 13.7. The van der Waals surface area contributed by atoms with Gasteiger partial charge in [-0.25, -0.2) is 0 Å². The number of benzene rings is 15. The average Bonchev–Trinajstić information content (AvgIpc) is 1.64. The van der Waals surface area contributed by atoms with Crippen LogP contribution in [0, 0.1) is 20.8 Å². The first-order valence-corrected chi connectivity index (χ1v) is 36.5. The van der Waals surface area contributed by atoms with Crippen molar-refractivity contribution in [2.75, 3.05) is 10.2 Å². The lowest BCUT2D eigenvalue weighted by atomic mass is 9.30. The number of anilines is 5. The highest BCUT2D eigenvalue weighted by Crippen LogP contribution is 2.50. The molecule has 0 saturated heterocycles. The molecular weight excluding hydrogens is 1280 g/mol. The lowest BCUT2D eigenvalue weighted by Crippen LogP contribution is -2.64. The zero-order valence-corrected chi connectivity index (χ0v) is 57.3. The van der Waals surface area contributed by atoms with Crippen LogP contribution in [-0.2, 0) is 0 Å². The van der Waals surface area contributed by atoms with Crippen molar-refractivity contribution < 1.29 is 14.2 Å². The van der Waals surface area contributed by atoms with E-state index in [0.717, 1.165) is 129 Å². The Morgan fingerprint density at radius 2 is 0.676 bits per heavy atom. The second-order valence-electron chi connectivity index (χ2n) is 29.6. The number of hydrogen-bond donors (Lipinski definition) is 1. The van der Waals surface area contributed by atoms with Crippen molar-refractivity contribution >= 4 is 185 Å². The maximum Gasteiger partial charge on any atom is 0.260 e. The van der Waals surface area contributed by atoms with E-state index in [9.17, 15) is 0 Å². The van der Waals surface area contributed by atoms with Crippen molar-refractivity contribution in [1.29, 1.82) is 0 Å². The molecule has 0 amide bonds. The van der Waals surface area contributed by atoms with Gasteiger partial charge in [-0.05, 0) is 142 Å². The molecule has 19 aromatic rings. The van der Waals surface area contributed by atoms with Crippen molar-refractivity contribution in [3.63, 3.8) is 0 Å². The minimum atomic E-state index is -0.334. The number of ether oxygens (including phenoxy) is 3. The molecule has 9 nitrogen and oxygen atoms in total. The Morgan fingerprint density at radius 3 is 1.24 bits per heavy atom. The van der Waals surface area contributed by atoms with E-state index in [1.165, 1.54) is 109 Å². The molecule has 0 unspecified atom stereocenters. The topological polar surface area (TPSA) is 62.7 Å². The van der Waals surface area contributed by atoms with Crippen LogP contribution in [0.15, 0.2) is 285 Å². The lowest BCUT2D eigenvalue weighted by molar-refractivity contribution is 0.464. The number of hydrogen-bond acceptors (Lipinski definition) is 5. The first kappa shape index (κ1) is 56.3. The van der Waals surface area contributed by atoms with Crippen LogP contribution in [-0.4, -0.2) is 38.4 Å². The maximum absolute atomic E-state index is 7.84. The number of para-hydroxylation sites is 9. The smallest absolute Gasteiger partial charge is 0.260 e. The molecule has 6 aliphatic rings. The van der Waals surface area contributed by atoms with Gasteiger partial charge in [0.05, 0.1) is 61.4 Å². The third kappa shape index (κ3) is 7.30. The highest BCUT2D eigenvalue weighted by atomic mass is 16.5. The van der Waals surface area contributed by atoms with Gasteiger partial charge in [-0.1, -0.05) is 194 Å². The molecule has 25 rings (SSSR count). The van der Waals surface area contributed by atoms with Crippen LogP contribution >= 0.6 is 0 Å². The summed E-state index contributed by atoms with van der Waals surface area (Å²) in [5, 5.41) is 13.9. The fourth-order valence-electron chi connectivity index (χ4n) is 20.2. The van der Waals surface area contributed by atoms with E-state index < -0.39 is 0 Å². The molecule has 0 bridgehead atoms. The summed E-state index contributed by atoms with van der Waals surface area (Å²) in [4.78, 5) is 2.55. The third-order valence-electron chi connectivity index (χ3n) is 24.1. The van der Waals surface area contributed by atoms with Gasteiger partial charge in [0.25, 0.3) is 20.1 Å². The number of nitrogens with zero attached hydrogens (tertiary/aromatic N) is 5. The summed E-state index contributed by atoms with van der Waals surface area (Å²) < 4.78 is 32.7. The van der Waals surface area contributed by atoms with E-state index in [2.05, 4.69) is 334 Å². The van der Waals surface area contributed by atoms with Crippen LogP contribution in [0.1, 0.15) is 16.7 Å². The van der Waals surface area contributed by atoms with Gasteiger partial charge in [0.2, 0.25) is 0 Å². The maximum atomic E-state index is 7.84. The molecular formula is C93H57B3N6O3. The highest BCUT2D eigenvalue weighted by Gasteiger charge is 2.49. The molecule has 0 saturated carbocycles. The Kier molecular flexibility index (Phi) is 10.8. The largest absolute Gasteiger partial charge is 0.458 e. The molecule has 1 N–H and O–H groups in total.